The van der Waals surface area contributed by atoms with Crippen molar-refractivity contribution in [2.24, 2.45) is 0 Å². The fourth-order valence-electron chi connectivity index (χ4n) is 0.986. The quantitative estimate of drug-likeness (QED) is 0.565. The molecule has 14 heavy (non-hydrogen) atoms. The van der Waals surface area contributed by atoms with Crippen molar-refractivity contribution in [3.63, 3.8) is 0 Å². The summed E-state index contributed by atoms with van der Waals surface area (Å²) in [6.07, 6.45) is 4.99. The van der Waals surface area contributed by atoms with Crippen LogP contribution in [0.1, 0.15) is 0 Å². The Morgan fingerprint density at radius 3 is 2.71 bits per heavy atom. The number of aromatic nitrogens is 2. The minimum absolute atomic E-state index is 1.24. The molecular formula is C10H8N2OS. The summed E-state index contributed by atoms with van der Waals surface area (Å²) >= 11 is 1.54. The third-order valence-corrected chi connectivity index (χ3v) is 2.39. The number of hydrogen-bond acceptors (Lipinski definition) is 4. The lowest BCUT2D eigenvalue weighted by atomic mass is 10.3. The van der Waals surface area contributed by atoms with Gasteiger partial charge in [-0.05, 0) is 23.7 Å². The molecular weight excluding hydrogens is 196 g/mol. The minimum atomic E-state index is 1.24. The van der Waals surface area contributed by atoms with Gasteiger partial charge in [0, 0.05) is 11.6 Å². The van der Waals surface area contributed by atoms with E-state index in [1.165, 1.54) is 27.9 Å². The highest BCUT2D eigenvalue weighted by Crippen LogP contribution is 2.15. The molecule has 0 saturated carbocycles. The molecule has 0 radical (unpaired) electrons. The van der Waals surface area contributed by atoms with Gasteiger partial charge in [-0.2, -0.15) is 4.37 Å². The summed E-state index contributed by atoms with van der Waals surface area (Å²) in [6.45, 7) is 0. The van der Waals surface area contributed by atoms with Crippen LogP contribution in [0, 0.1) is 0 Å². The van der Waals surface area contributed by atoms with E-state index >= 15 is 0 Å². The van der Waals surface area contributed by atoms with E-state index in [1.54, 1.807) is 12.3 Å². The molecule has 70 valence electrons. The first-order valence-corrected chi connectivity index (χ1v) is 4.88. The molecule has 0 unspecified atom stereocenters. The zero-order chi connectivity index (χ0) is 9.64. The zero-order valence-corrected chi connectivity index (χ0v) is 8.15. The zero-order valence-electron chi connectivity index (χ0n) is 7.33. The first-order chi connectivity index (χ1) is 6.97. The van der Waals surface area contributed by atoms with Crippen molar-refractivity contribution in [3.05, 3.63) is 49.0 Å². The van der Waals surface area contributed by atoms with E-state index in [9.17, 15) is 0 Å². The van der Waals surface area contributed by atoms with E-state index in [4.69, 9.17) is 0 Å². The van der Waals surface area contributed by atoms with Crippen molar-refractivity contribution in [3.8, 4) is 0 Å². The molecule has 0 N–H and O–H groups in total. The van der Waals surface area contributed by atoms with Gasteiger partial charge in [0.05, 0.1) is 10.9 Å². The fourth-order valence-corrected chi connectivity index (χ4v) is 1.63. The van der Waals surface area contributed by atoms with Crippen LogP contribution in [-0.4, -0.2) is 9.53 Å². The minimum Gasteiger partial charge on any atom is -0.365 e. The van der Waals surface area contributed by atoms with Gasteiger partial charge in [-0.15, -0.1) is 0 Å². The normalized spacial score (nSPS) is 9.43. The van der Waals surface area contributed by atoms with Gasteiger partial charge in [0.25, 0.3) is 0 Å². The molecule has 3 aromatic rings. The third-order valence-electron chi connectivity index (χ3n) is 1.61. The molecule has 0 bridgehead atoms. The summed E-state index contributed by atoms with van der Waals surface area (Å²) in [4.78, 5) is 0. The molecule has 0 saturated heterocycles. The number of nitrogens with zero attached hydrogens (tertiary/aromatic N) is 2. The summed E-state index contributed by atoms with van der Waals surface area (Å²) in [5, 5.41) is 4.59. The van der Waals surface area contributed by atoms with Crippen LogP contribution in [0.2, 0.25) is 0 Å². The lowest BCUT2D eigenvalue weighted by Gasteiger charge is -1.80. The van der Waals surface area contributed by atoms with Gasteiger partial charge in [-0.1, -0.05) is 23.4 Å². The van der Waals surface area contributed by atoms with Gasteiger partial charge in [0.1, 0.15) is 6.26 Å². The third kappa shape index (κ3) is 2.17. The molecule has 0 aliphatic carbocycles. The molecule has 1 aromatic carbocycles. The molecule has 2 aromatic heterocycles. The van der Waals surface area contributed by atoms with Crippen LogP contribution < -0.4 is 0 Å². The smallest absolute Gasteiger partial charge is 0.123 e. The highest BCUT2D eigenvalue weighted by Gasteiger charge is 1.89. The first-order valence-electron chi connectivity index (χ1n) is 4.10. The maximum absolute atomic E-state index is 4.33. The van der Waals surface area contributed by atoms with E-state index in [0.29, 0.717) is 0 Å². The molecule has 0 aliphatic heterocycles. The van der Waals surface area contributed by atoms with Gasteiger partial charge in [0.2, 0.25) is 0 Å². The van der Waals surface area contributed by atoms with Crippen molar-refractivity contribution in [1.82, 2.24) is 9.53 Å². The topological polar surface area (TPSA) is 38.9 Å². The predicted octanol–water partition coefficient (Wildman–Crippen LogP) is 2.97. The van der Waals surface area contributed by atoms with Gasteiger partial charge >= 0.3 is 0 Å². The number of hydrogen-bond donors (Lipinski definition) is 0. The van der Waals surface area contributed by atoms with Crippen molar-refractivity contribution < 1.29 is 4.52 Å². The van der Waals surface area contributed by atoms with Crippen LogP contribution in [0.4, 0.5) is 0 Å². The van der Waals surface area contributed by atoms with Crippen LogP contribution in [0.3, 0.4) is 0 Å². The highest BCUT2D eigenvalue weighted by molar-refractivity contribution is 7.13. The highest BCUT2D eigenvalue weighted by atomic mass is 32.1. The number of fused-ring (bicyclic) bond motifs is 1. The molecule has 2 heterocycles. The predicted molar refractivity (Wildman–Crippen MR) is 56.1 cm³/mol. The van der Waals surface area contributed by atoms with Crippen LogP contribution in [0.15, 0.2) is 53.5 Å². The second-order valence-corrected chi connectivity index (χ2v) is 3.39. The first kappa shape index (κ1) is 8.90. The maximum Gasteiger partial charge on any atom is 0.123 e. The summed E-state index contributed by atoms with van der Waals surface area (Å²) in [5.74, 6) is 0. The summed E-state index contributed by atoms with van der Waals surface area (Å²) in [7, 11) is 0. The van der Waals surface area contributed by atoms with Crippen molar-refractivity contribution in [1.29, 1.82) is 0 Å². The summed E-state index contributed by atoms with van der Waals surface area (Å²) in [5.41, 5.74) is 0. The number of rotatable bonds is 0. The van der Waals surface area contributed by atoms with Gasteiger partial charge in [-0.3, -0.25) is 0 Å². The standard InChI is InChI=1S/C7H5NS.C3H3NO/c1-2-4-7-6(3-1)5-8-9-7;1-2-4-5-3-1/h1-5H;1-3H. The van der Waals surface area contributed by atoms with E-state index < -0.39 is 0 Å². The summed E-state index contributed by atoms with van der Waals surface area (Å²) in [6, 6.07) is 9.92. The lowest BCUT2D eigenvalue weighted by molar-refractivity contribution is 0.420. The van der Waals surface area contributed by atoms with Crippen LogP contribution in [-0.2, 0) is 0 Å². The Morgan fingerprint density at radius 1 is 1.14 bits per heavy atom. The van der Waals surface area contributed by atoms with Crippen LogP contribution >= 0.6 is 11.5 Å². The molecule has 0 fully saturated rings. The largest absolute Gasteiger partial charge is 0.365 e. The molecule has 4 heteroatoms. The van der Waals surface area contributed by atoms with Gasteiger partial charge < -0.3 is 4.52 Å². The monoisotopic (exact) mass is 204 g/mol. The molecule has 0 spiro atoms. The maximum atomic E-state index is 4.33. The van der Waals surface area contributed by atoms with E-state index in [0.717, 1.165) is 0 Å². The van der Waals surface area contributed by atoms with E-state index in [2.05, 4.69) is 26.2 Å². The van der Waals surface area contributed by atoms with E-state index in [1.807, 2.05) is 18.3 Å². The van der Waals surface area contributed by atoms with Gasteiger partial charge in [-0.25, -0.2) is 0 Å². The summed E-state index contributed by atoms with van der Waals surface area (Å²) < 4.78 is 9.64. The molecule has 0 aliphatic rings. The number of benzene rings is 1. The Kier molecular flexibility index (Phi) is 2.88. The average molecular weight is 204 g/mol. The second kappa shape index (κ2) is 4.53. The molecule has 3 nitrogen and oxygen atoms in total. The Hall–Kier alpha value is -1.68. The molecule has 0 amide bonds. The second-order valence-electron chi connectivity index (χ2n) is 2.55. The molecule has 0 atom stereocenters. The Morgan fingerprint density at radius 2 is 2.07 bits per heavy atom. The Balaban J connectivity index is 0.000000128. The van der Waals surface area contributed by atoms with Crippen LogP contribution in [0.5, 0.6) is 0 Å². The lowest BCUT2D eigenvalue weighted by Crippen LogP contribution is -1.56. The molecule has 3 rings (SSSR count). The average Bonchev–Trinajstić information content (AvgIpc) is 2.92. The Bertz CT molecular complexity index is 428. The van der Waals surface area contributed by atoms with E-state index in [-0.39, 0.29) is 0 Å². The van der Waals surface area contributed by atoms with Crippen molar-refractivity contribution in [2.45, 2.75) is 0 Å². The van der Waals surface area contributed by atoms with Crippen LogP contribution in [0.25, 0.3) is 10.1 Å². The van der Waals surface area contributed by atoms with Gasteiger partial charge in [0.15, 0.2) is 0 Å². The fraction of sp³-hybridized carbons (Fsp3) is 0. The van der Waals surface area contributed by atoms with Crippen molar-refractivity contribution >= 4 is 21.6 Å². The Labute approximate surface area is 85.1 Å². The van der Waals surface area contributed by atoms with Crippen molar-refractivity contribution in [2.75, 3.05) is 0 Å². The SMILES string of the molecule is c1ccc2sncc2c1.c1cnoc1.